The van der Waals surface area contributed by atoms with Crippen LogP contribution >= 0.6 is 0 Å². The summed E-state index contributed by atoms with van der Waals surface area (Å²) in [5.74, 6) is 0. The second kappa shape index (κ2) is 5.54. The van der Waals surface area contributed by atoms with Crippen molar-refractivity contribution in [1.82, 2.24) is 20.3 Å². The molecule has 0 saturated heterocycles. The van der Waals surface area contributed by atoms with E-state index in [0.717, 1.165) is 18.7 Å². The van der Waals surface area contributed by atoms with Crippen molar-refractivity contribution < 1.29 is 0 Å². The molecule has 0 atom stereocenters. The van der Waals surface area contributed by atoms with Crippen LogP contribution in [-0.4, -0.2) is 27.6 Å². The summed E-state index contributed by atoms with van der Waals surface area (Å²) in [6.07, 6.45) is 6.96. The molecule has 1 heterocycles. The van der Waals surface area contributed by atoms with Crippen LogP contribution in [0.15, 0.2) is 12.3 Å². The monoisotopic (exact) mass is 194 g/mol. The van der Waals surface area contributed by atoms with Crippen molar-refractivity contribution in [3.63, 3.8) is 0 Å². The van der Waals surface area contributed by atoms with Crippen LogP contribution in [0.1, 0.15) is 26.0 Å². The molecular formula is C10H18N4. The van der Waals surface area contributed by atoms with E-state index < -0.39 is 0 Å². The highest BCUT2D eigenvalue weighted by Gasteiger charge is 1.93. The van der Waals surface area contributed by atoms with Crippen LogP contribution in [0.2, 0.25) is 0 Å². The minimum Gasteiger partial charge on any atom is -0.314 e. The van der Waals surface area contributed by atoms with Gasteiger partial charge in [0.1, 0.15) is 0 Å². The molecule has 0 aliphatic heterocycles. The second-order valence-corrected chi connectivity index (χ2v) is 3.58. The Morgan fingerprint density at radius 1 is 1.57 bits per heavy atom. The van der Waals surface area contributed by atoms with Gasteiger partial charge in [0, 0.05) is 13.1 Å². The van der Waals surface area contributed by atoms with Gasteiger partial charge in [0.25, 0.3) is 0 Å². The fraction of sp³-hybridized carbons (Fsp3) is 0.600. The summed E-state index contributed by atoms with van der Waals surface area (Å²) in [5.41, 5.74) is 1.04. The third-order valence-corrected chi connectivity index (χ3v) is 1.90. The first-order chi connectivity index (χ1) is 6.70. The zero-order valence-electron chi connectivity index (χ0n) is 9.07. The molecule has 4 heteroatoms. The number of nitrogens with zero attached hydrogens (tertiary/aromatic N) is 3. The molecular weight excluding hydrogens is 176 g/mol. The van der Waals surface area contributed by atoms with Gasteiger partial charge in [0.15, 0.2) is 0 Å². The standard InChI is InChI=1S/C10H18N4/c1-9(2)11-7-5-4-6-10-8-12-13-14(10)3/h4,6,8-9,11H,5,7H2,1-3H3/b6-4+. The molecule has 14 heavy (non-hydrogen) atoms. The molecule has 0 radical (unpaired) electrons. The minimum absolute atomic E-state index is 0.557. The Kier molecular flexibility index (Phi) is 4.32. The molecule has 0 saturated carbocycles. The van der Waals surface area contributed by atoms with Gasteiger partial charge < -0.3 is 5.32 Å². The molecule has 0 aromatic carbocycles. The lowest BCUT2D eigenvalue weighted by Crippen LogP contribution is -2.23. The smallest absolute Gasteiger partial charge is 0.0806 e. The first-order valence-electron chi connectivity index (χ1n) is 4.94. The van der Waals surface area contributed by atoms with E-state index in [-0.39, 0.29) is 0 Å². The van der Waals surface area contributed by atoms with Crippen LogP contribution in [-0.2, 0) is 7.05 Å². The zero-order valence-corrected chi connectivity index (χ0v) is 9.07. The highest BCUT2D eigenvalue weighted by molar-refractivity contribution is 5.42. The molecule has 1 rings (SSSR count). The van der Waals surface area contributed by atoms with Crippen LogP contribution in [0.3, 0.4) is 0 Å². The van der Waals surface area contributed by atoms with Gasteiger partial charge in [0.2, 0.25) is 0 Å². The molecule has 4 nitrogen and oxygen atoms in total. The number of rotatable bonds is 5. The van der Waals surface area contributed by atoms with Crippen LogP contribution < -0.4 is 5.32 Å². The summed E-state index contributed by atoms with van der Waals surface area (Å²) in [5, 5.41) is 11.0. The minimum atomic E-state index is 0.557. The van der Waals surface area contributed by atoms with Crippen molar-refractivity contribution in [2.24, 2.45) is 7.05 Å². The van der Waals surface area contributed by atoms with Gasteiger partial charge in [-0.3, -0.25) is 0 Å². The van der Waals surface area contributed by atoms with Crippen LogP contribution in [0.25, 0.3) is 6.08 Å². The van der Waals surface area contributed by atoms with Crippen molar-refractivity contribution in [2.75, 3.05) is 6.54 Å². The Morgan fingerprint density at radius 3 is 2.93 bits per heavy atom. The van der Waals surface area contributed by atoms with Gasteiger partial charge in [-0.15, -0.1) is 5.10 Å². The first-order valence-corrected chi connectivity index (χ1v) is 4.94. The number of nitrogens with one attached hydrogen (secondary N) is 1. The largest absolute Gasteiger partial charge is 0.314 e. The average molecular weight is 194 g/mol. The maximum atomic E-state index is 3.84. The molecule has 0 unspecified atom stereocenters. The maximum Gasteiger partial charge on any atom is 0.0806 e. The quantitative estimate of drug-likeness (QED) is 0.717. The topological polar surface area (TPSA) is 42.7 Å². The van der Waals surface area contributed by atoms with E-state index in [1.807, 2.05) is 13.1 Å². The Morgan fingerprint density at radius 2 is 2.36 bits per heavy atom. The number of hydrogen-bond donors (Lipinski definition) is 1. The average Bonchev–Trinajstić information content (AvgIpc) is 2.51. The molecule has 78 valence electrons. The maximum absolute atomic E-state index is 3.84. The summed E-state index contributed by atoms with van der Waals surface area (Å²) in [4.78, 5) is 0. The molecule has 0 aliphatic carbocycles. The van der Waals surface area contributed by atoms with Crippen molar-refractivity contribution in [1.29, 1.82) is 0 Å². The van der Waals surface area contributed by atoms with Gasteiger partial charge in [-0.2, -0.15) is 0 Å². The van der Waals surface area contributed by atoms with Crippen molar-refractivity contribution in [2.45, 2.75) is 26.3 Å². The van der Waals surface area contributed by atoms with E-state index >= 15 is 0 Å². The van der Waals surface area contributed by atoms with Gasteiger partial charge in [-0.05, 0) is 19.0 Å². The molecule has 0 bridgehead atoms. The summed E-state index contributed by atoms with van der Waals surface area (Å²) >= 11 is 0. The van der Waals surface area contributed by atoms with Crippen molar-refractivity contribution in [3.8, 4) is 0 Å². The molecule has 1 aromatic heterocycles. The Labute approximate surface area is 85.0 Å². The van der Waals surface area contributed by atoms with Crippen LogP contribution in [0, 0.1) is 0 Å². The molecule has 0 amide bonds. The van der Waals surface area contributed by atoms with E-state index in [2.05, 4.69) is 35.6 Å². The predicted molar refractivity (Wildman–Crippen MR) is 57.8 cm³/mol. The van der Waals surface area contributed by atoms with Gasteiger partial charge in [-0.1, -0.05) is 25.1 Å². The van der Waals surface area contributed by atoms with E-state index in [4.69, 9.17) is 0 Å². The normalized spacial score (nSPS) is 11.7. The van der Waals surface area contributed by atoms with Crippen molar-refractivity contribution in [3.05, 3.63) is 18.0 Å². The number of hydrogen-bond acceptors (Lipinski definition) is 3. The van der Waals surface area contributed by atoms with E-state index in [1.165, 1.54) is 0 Å². The lowest BCUT2D eigenvalue weighted by molar-refractivity contribution is 0.595. The Bertz CT molecular complexity index is 288. The third kappa shape index (κ3) is 3.70. The first kappa shape index (κ1) is 10.9. The molecule has 0 aliphatic rings. The van der Waals surface area contributed by atoms with E-state index in [1.54, 1.807) is 10.9 Å². The Balaban J connectivity index is 2.25. The summed E-state index contributed by atoms with van der Waals surface area (Å²) in [6, 6.07) is 0.557. The summed E-state index contributed by atoms with van der Waals surface area (Å²) in [7, 11) is 1.89. The van der Waals surface area contributed by atoms with Crippen LogP contribution in [0.4, 0.5) is 0 Å². The summed E-state index contributed by atoms with van der Waals surface area (Å²) in [6.45, 7) is 5.31. The molecule has 1 aromatic rings. The van der Waals surface area contributed by atoms with Crippen molar-refractivity contribution >= 4 is 6.08 Å². The molecule has 1 N–H and O–H groups in total. The van der Waals surface area contributed by atoms with Gasteiger partial charge in [0.05, 0.1) is 11.9 Å². The third-order valence-electron chi connectivity index (χ3n) is 1.90. The molecule has 0 fully saturated rings. The Hall–Kier alpha value is -1.16. The number of aromatic nitrogens is 3. The van der Waals surface area contributed by atoms with E-state index in [9.17, 15) is 0 Å². The van der Waals surface area contributed by atoms with Crippen LogP contribution in [0.5, 0.6) is 0 Å². The fourth-order valence-electron chi connectivity index (χ4n) is 1.11. The highest BCUT2D eigenvalue weighted by atomic mass is 15.4. The highest BCUT2D eigenvalue weighted by Crippen LogP contribution is 1.97. The zero-order chi connectivity index (χ0) is 10.4. The van der Waals surface area contributed by atoms with Gasteiger partial charge in [-0.25, -0.2) is 4.68 Å². The SMILES string of the molecule is CC(C)NCC/C=C/c1cnnn1C. The predicted octanol–water partition coefficient (Wildman–Crippen LogP) is 1.22. The van der Waals surface area contributed by atoms with Gasteiger partial charge >= 0.3 is 0 Å². The molecule has 0 spiro atoms. The second-order valence-electron chi connectivity index (χ2n) is 3.58. The number of aryl methyl sites for hydroxylation is 1. The fourth-order valence-corrected chi connectivity index (χ4v) is 1.11. The van der Waals surface area contributed by atoms with E-state index in [0.29, 0.717) is 6.04 Å². The summed E-state index contributed by atoms with van der Waals surface area (Å²) < 4.78 is 1.76. The lowest BCUT2D eigenvalue weighted by Gasteiger charge is -2.04. The lowest BCUT2D eigenvalue weighted by atomic mass is 10.3.